The van der Waals surface area contributed by atoms with E-state index in [1.165, 1.54) is 51.4 Å². The summed E-state index contributed by atoms with van der Waals surface area (Å²) in [4.78, 5) is 0. The van der Waals surface area contributed by atoms with Crippen molar-refractivity contribution in [2.24, 2.45) is 5.41 Å². The lowest BCUT2D eigenvalue weighted by Crippen LogP contribution is -2.66. The van der Waals surface area contributed by atoms with E-state index in [2.05, 4.69) is 41.8 Å². The van der Waals surface area contributed by atoms with Gasteiger partial charge in [-0.2, -0.15) is 0 Å². The SMILES string of the molecule is C1=C\C=C2\CC3(CCC3)NC34CCC(C3)(C4)\C2=C\C=C/1. The molecule has 0 aromatic rings. The van der Waals surface area contributed by atoms with Crippen molar-refractivity contribution in [2.75, 3.05) is 0 Å². The van der Waals surface area contributed by atoms with Gasteiger partial charge in [-0.05, 0) is 67.9 Å². The lowest BCUT2D eigenvalue weighted by atomic mass is 9.55. The van der Waals surface area contributed by atoms with Crippen LogP contribution < -0.4 is 5.32 Å². The van der Waals surface area contributed by atoms with Crippen LogP contribution in [0.25, 0.3) is 0 Å². The van der Waals surface area contributed by atoms with E-state index in [-0.39, 0.29) is 0 Å². The van der Waals surface area contributed by atoms with E-state index >= 15 is 0 Å². The summed E-state index contributed by atoms with van der Waals surface area (Å²) in [6, 6.07) is 0. The van der Waals surface area contributed by atoms with E-state index in [1.807, 2.05) is 0 Å². The molecule has 1 nitrogen and oxygen atoms in total. The fraction of sp³-hybridized carbons (Fsp3) is 0.579. The Morgan fingerprint density at radius 2 is 1.60 bits per heavy atom. The van der Waals surface area contributed by atoms with Crippen molar-refractivity contribution < 1.29 is 0 Å². The summed E-state index contributed by atoms with van der Waals surface area (Å²) in [5, 5.41) is 4.16. The minimum absolute atomic E-state index is 0.429. The van der Waals surface area contributed by atoms with E-state index in [1.54, 1.807) is 11.1 Å². The molecular weight excluding hydrogens is 242 g/mol. The zero-order chi connectivity index (χ0) is 13.3. The second kappa shape index (κ2) is 3.57. The Hall–Kier alpha value is -1.08. The quantitative estimate of drug-likeness (QED) is 0.692. The zero-order valence-electron chi connectivity index (χ0n) is 12.1. The highest BCUT2D eigenvalue weighted by molar-refractivity contribution is 5.50. The molecule has 104 valence electrons. The van der Waals surface area contributed by atoms with Gasteiger partial charge in [0.2, 0.25) is 0 Å². The molecule has 2 heterocycles. The Labute approximate surface area is 121 Å². The lowest BCUT2D eigenvalue weighted by molar-refractivity contribution is 0.0331. The van der Waals surface area contributed by atoms with Crippen LogP contribution in [0, 0.1) is 5.41 Å². The van der Waals surface area contributed by atoms with Gasteiger partial charge in [0.1, 0.15) is 0 Å². The first-order valence-electron chi connectivity index (χ1n) is 8.28. The Kier molecular flexibility index (Phi) is 2.06. The molecule has 1 heteroatoms. The summed E-state index contributed by atoms with van der Waals surface area (Å²) in [6.07, 6.45) is 24.7. The van der Waals surface area contributed by atoms with Crippen LogP contribution in [0.2, 0.25) is 0 Å². The maximum absolute atomic E-state index is 4.16. The van der Waals surface area contributed by atoms with Crippen LogP contribution in [0.4, 0.5) is 0 Å². The maximum atomic E-state index is 4.16. The highest BCUT2D eigenvalue weighted by Crippen LogP contribution is 2.69. The van der Waals surface area contributed by atoms with Gasteiger partial charge in [-0.1, -0.05) is 36.5 Å². The highest BCUT2D eigenvalue weighted by atomic mass is 15.1. The first-order chi connectivity index (χ1) is 9.74. The van der Waals surface area contributed by atoms with Crippen LogP contribution in [-0.4, -0.2) is 11.1 Å². The molecular formula is C19H23N. The summed E-state index contributed by atoms with van der Waals surface area (Å²) in [5.41, 5.74) is 4.75. The van der Waals surface area contributed by atoms with Crippen LogP contribution in [0.15, 0.2) is 47.6 Å². The molecule has 20 heavy (non-hydrogen) atoms. The fourth-order valence-electron chi connectivity index (χ4n) is 5.75. The largest absolute Gasteiger partial charge is 0.305 e. The van der Waals surface area contributed by atoms with Gasteiger partial charge in [0.05, 0.1) is 0 Å². The van der Waals surface area contributed by atoms with Crippen LogP contribution in [0.1, 0.15) is 51.4 Å². The Balaban J connectivity index is 1.65. The molecule has 0 aromatic heterocycles. The van der Waals surface area contributed by atoms with Crippen molar-refractivity contribution in [2.45, 2.75) is 62.4 Å². The van der Waals surface area contributed by atoms with Gasteiger partial charge in [-0.3, -0.25) is 0 Å². The van der Waals surface area contributed by atoms with Crippen molar-refractivity contribution in [1.82, 2.24) is 5.32 Å². The molecule has 0 amide bonds. The predicted octanol–water partition coefficient (Wildman–Crippen LogP) is 4.19. The van der Waals surface area contributed by atoms with E-state index in [0.717, 1.165) is 0 Å². The van der Waals surface area contributed by atoms with Gasteiger partial charge in [-0.25, -0.2) is 0 Å². The molecule has 2 bridgehead atoms. The van der Waals surface area contributed by atoms with E-state index < -0.39 is 0 Å². The van der Waals surface area contributed by atoms with Crippen molar-refractivity contribution in [3.8, 4) is 0 Å². The van der Waals surface area contributed by atoms with Crippen LogP contribution in [0.5, 0.6) is 0 Å². The summed E-state index contributed by atoms with van der Waals surface area (Å²) >= 11 is 0. The summed E-state index contributed by atoms with van der Waals surface area (Å²) in [6.45, 7) is 0. The van der Waals surface area contributed by atoms with Gasteiger partial charge in [0.25, 0.3) is 0 Å². The molecule has 2 saturated heterocycles. The van der Waals surface area contributed by atoms with E-state index in [0.29, 0.717) is 16.5 Å². The van der Waals surface area contributed by atoms with Gasteiger partial charge in [-0.15, -0.1) is 0 Å². The molecule has 7 aliphatic rings. The van der Waals surface area contributed by atoms with E-state index in [9.17, 15) is 0 Å². The minimum atomic E-state index is 0.429. The third-order valence-corrected chi connectivity index (χ3v) is 6.62. The van der Waals surface area contributed by atoms with E-state index in [4.69, 9.17) is 0 Å². The van der Waals surface area contributed by atoms with Gasteiger partial charge < -0.3 is 5.32 Å². The van der Waals surface area contributed by atoms with Crippen molar-refractivity contribution in [1.29, 1.82) is 0 Å². The average Bonchev–Trinajstić information content (AvgIpc) is 2.84. The molecule has 0 radical (unpaired) electrons. The van der Waals surface area contributed by atoms with Crippen LogP contribution in [0.3, 0.4) is 0 Å². The minimum Gasteiger partial charge on any atom is -0.305 e. The number of hydrogen-bond donors (Lipinski definition) is 1. The second-order valence-corrected chi connectivity index (χ2v) is 7.89. The molecule has 2 aliphatic heterocycles. The van der Waals surface area contributed by atoms with Gasteiger partial charge in [0, 0.05) is 11.1 Å². The summed E-state index contributed by atoms with van der Waals surface area (Å²) in [5.74, 6) is 0. The van der Waals surface area contributed by atoms with Crippen molar-refractivity contribution >= 4 is 0 Å². The number of allylic oxidation sites excluding steroid dienone is 7. The monoisotopic (exact) mass is 265 g/mol. The standard InChI is InChI=1S/C19H23N/c1-2-4-7-16-15(6-3-1)12-18(8-5-9-18)20-19-11-10-17(16,13-19)14-19/h1-4,6-7,20H,5,8-14H2/b2-1?,3-1-,4-2-,6-3?,7-4?,15-6-,16-7+,16-15?. The summed E-state index contributed by atoms with van der Waals surface area (Å²) in [7, 11) is 0. The number of fused-ring (bicyclic) bond motifs is 1. The molecule has 5 aliphatic carbocycles. The lowest BCUT2D eigenvalue weighted by Gasteiger charge is -2.59. The summed E-state index contributed by atoms with van der Waals surface area (Å²) < 4.78 is 0. The van der Waals surface area contributed by atoms with Crippen molar-refractivity contribution in [3.63, 3.8) is 0 Å². The molecule has 1 spiro atoms. The Morgan fingerprint density at radius 1 is 0.800 bits per heavy atom. The van der Waals surface area contributed by atoms with Crippen molar-refractivity contribution in [3.05, 3.63) is 47.6 Å². The van der Waals surface area contributed by atoms with Crippen LogP contribution in [-0.2, 0) is 0 Å². The molecule has 0 aromatic carbocycles. The number of hydrogen-bond acceptors (Lipinski definition) is 1. The maximum Gasteiger partial charge on any atom is 0.0227 e. The average molecular weight is 265 g/mol. The predicted molar refractivity (Wildman–Crippen MR) is 82.4 cm³/mol. The molecule has 0 unspecified atom stereocenters. The van der Waals surface area contributed by atoms with Gasteiger partial charge in [0.15, 0.2) is 0 Å². The second-order valence-electron chi connectivity index (χ2n) is 7.89. The molecule has 7 rings (SSSR count). The number of rotatable bonds is 0. The molecule has 0 atom stereocenters. The third kappa shape index (κ3) is 1.37. The molecule has 6 fully saturated rings. The van der Waals surface area contributed by atoms with Crippen LogP contribution >= 0.6 is 0 Å². The smallest absolute Gasteiger partial charge is 0.0227 e. The Morgan fingerprint density at radius 3 is 2.35 bits per heavy atom. The normalized spacial score (nSPS) is 51.6. The topological polar surface area (TPSA) is 12.0 Å². The Bertz CT molecular complexity index is 577. The zero-order valence-corrected chi connectivity index (χ0v) is 12.1. The van der Waals surface area contributed by atoms with Gasteiger partial charge >= 0.3 is 0 Å². The molecule has 1 N–H and O–H groups in total. The third-order valence-electron chi connectivity index (χ3n) is 6.62. The molecule has 4 saturated carbocycles. The first kappa shape index (κ1) is 11.6. The first-order valence-corrected chi connectivity index (χ1v) is 8.28. The number of nitrogens with one attached hydrogen (secondary N) is 1. The highest BCUT2D eigenvalue weighted by Gasteiger charge is 2.65. The fourth-order valence-corrected chi connectivity index (χ4v) is 5.75.